The van der Waals surface area contributed by atoms with Gasteiger partial charge in [0.2, 0.25) is 11.8 Å². The van der Waals surface area contributed by atoms with Crippen LogP contribution in [-0.2, 0) is 9.59 Å². The standard InChI is InChI=1S/C23H32N2O2/c1-14-6-15(2)21(16(3)7-14)25-20(26)4-5-24-22(27)23-11-17-8-18(12-23)10-19(9-17)13-23/h6-7,17-19H,4-5,8-13H2,1-3H3,(H,24,27)(H,25,26). The quantitative estimate of drug-likeness (QED) is 0.815. The minimum atomic E-state index is -0.130. The van der Waals surface area contributed by atoms with Crippen LogP contribution in [0.5, 0.6) is 0 Å². The van der Waals surface area contributed by atoms with Gasteiger partial charge in [-0.3, -0.25) is 9.59 Å². The second-order valence-electron chi connectivity index (χ2n) is 9.53. The molecule has 0 spiro atoms. The summed E-state index contributed by atoms with van der Waals surface area (Å²) < 4.78 is 0. The molecule has 1 aromatic carbocycles. The topological polar surface area (TPSA) is 58.2 Å². The zero-order chi connectivity index (χ0) is 19.2. The molecule has 0 unspecified atom stereocenters. The fourth-order valence-electron chi connectivity index (χ4n) is 6.44. The first-order valence-electron chi connectivity index (χ1n) is 10.5. The smallest absolute Gasteiger partial charge is 0.226 e. The first-order valence-corrected chi connectivity index (χ1v) is 10.5. The second kappa shape index (κ2) is 6.96. The minimum absolute atomic E-state index is 0.0316. The minimum Gasteiger partial charge on any atom is -0.355 e. The molecule has 4 heteroatoms. The molecule has 0 heterocycles. The Morgan fingerprint density at radius 1 is 0.963 bits per heavy atom. The largest absolute Gasteiger partial charge is 0.355 e. The van der Waals surface area contributed by atoms with Gasteiger partial charge < -0.3 is 10.6 Å². The number of benzene rings is 1. The maximum atomic E-state index is 12.9. The van der Waals surface area contributed by atoms with E-state index in [9.17, 15) is 9.59 Å². The molecule has 1 aromatic rings. The Kier molecular flexibility index (Phi) is 4.77. The summed E-state index contributed by atoms with van der Waals surface area (Å²) >= 11 is 0. The number of amides is 2. The van der Waals surface area contributed by atoms with E-state index in [2.05, 4.69) is 29.7 Å². The van der Waals surface area contributed by atoms with Crippen molar-refractivity contribution >= 4 is 17.5 Å². The van der Waals surface area contributed by atoms with E-state index < -0.39 is 0 Å². The average molecular weight is 369 g/mol. The molecule has 4 nitrogen and oxygen atoms in total. The van der Waals surface area contributed by atoms with Gasteiger partial charge in [-0.05, 0) is 88.2 Å². The highest BCUT2D eigenvalue weighted by atomic mass is 16.2. The van der Waals surface area contributed by atoms with E-state index in [-0.39, 0.29) is 17.2 Å². The van der Waals surface area contributed by atoms with Crippen LogP contribution in [0.1, 0.15) is 61.6 Å². The lowest BCUT2D eigenvalue weighted by Crippen LogP contribution is -2.53. The summed E-state index contributed by atoms with van der Waals surface area (Å²) in [5, 5.41) is 6.12. The van der Waals surface area contributed by atoms with Gasteiger partial charge in [0.15, 0.2) is 0 Å². The molecule has 4 bridgehead atoms. The Morgan fingerprint density at radius 3 is 2.00 bits per heavy atom. The molecular formula is C23H32N2O2. The maximum Gasteiger partial charge on any atom is 0.226 e. The molecular weight excluding hydrogens is 336 g/mol. The summed E-state index contributed by atoms with van der Waals surface area (Å²) in [6.07, 6.45) is 7.54. The highest BCUT2D eigenvalue weighted by Gasteiger charge is 2.54. The molecule has 0 atom stereocenters. The van der Waals surface area contributed by atoms with Gasteiger partial charge >= 0.3 is 0 Å². The van der Waals surface area contributed by atoms with Gasteiger partial charge in [-0.15, -0.1) is 0 Å². The molecule has 4 saturated carbocycles. The third kappa shape index (κ3) is 3.63. The van der Waals surface area contributed by atoms with Crippen molar-refractivity contribution in [2.75, 3.05) is 11.9 Å². The first-order chi connectivity index (χ1) is 12.8. The van der Waals surface area contributed by atoms with Crippen molar-refractivity contribution in [3.05, 3.63) is 28.8 Å². The van der Waals surface area contributed by atoms with Gasteiger partial charge in [-0.25, -0.2) is 0 Å². The first kappa shape index (κ1) is 18.5. The molecule has 0 aromatic heterocycles. The Labute approximate surface area is 162 Å². The van der Waals surface area contributed by atoms with Crippen LogP contribution < -0.4 is 10.6 Å². The van der Waals surface area contributed by atoms with Crippen LogP contribution >= 0.6 is 0 Å². The molecule has 4 aliphatic rings. The van der Waals surface area contributed by atoms with Gasteiger partial charge in [0.05, 0.1) is 0 Å². The van der Waals surface area contributed by atoms with Crippen LogP contribution in [0, 0.1) is 43.9 Å². The molecule has 0 saturated heterocycles. The zero-order valence-electron chi connectivity index (χ0n) is 16.9. The molecule has 4 fully saturated rings. The Balaban J connectivity index is 1.30. The summed E-state index contributed by atoms with van der Waals surface area (Å²) in [6.45, 7) is 6.52. The van der Waals surface area contributed by atoms with Crippen molar-refractivity contribution in [1.82, 2.24) is 5.32 Å². The van der Waals surface area contributed by atoms with Crippen LogP contribution in [0.3, 0.4) is 0 Å². The van der Waals surface area contributed by atoms with E-state index in [1.54, 1.807) is 0 Å². The Morgan fingerprint density at radius 2 is 1.48 bits per heavy atom. The number of carbonyl (C=O) groups is 2. The fraction of sp³-hybridized carbons (Fsp3) is 0.652. The number of hydrogen-bond acceptors (Lipinski definition) is 2. The molecule has 0 radical (unpaired) electrons. The van der Waals surface area contributed by atoms with Crippen molar-refractivity contribution in [1.29, 1.82) is 0 Å². The van der Waals surface area contributed by atoms with Crippen molar-refractivity contribution in [3.8, 4) is 0 Å². The Hall–Kier alpha value is -1.84. The van der Waals surface area contributed by atoms with E-state index in [0.717, 1.165) is 53.8 Å². The predicted molar refractivity (Wildman–Crippen MR) is 108 cm³/mol. The number of anilines is 1. The van der Waals surface area contributed by atoms with Crippen LogP contribution in [0.25, 0.3) is 0 Å². The molecule has 0 aliphatic heterocycles. The number of carbonyl (C=O) groups excluding carboxylic acids is 2. The Bertz CT molecular complexity index is 709. The van der Waals surface area contributed by atoms with Crippen molar-refractivity contribution in [3.63, 3.8) is 0 Å². The molecule has 146 valence electrons. The molecule has 5 rings (SSSR count). The zero-order valence-corrected chi connectivity index (χ0v) is 16.9. The van der Waals surface area contributed by atoms with Gasteiger partial charge in [0.25, 0.3) is 0 Å². The maximum absolute atomic E-state index is 12.9. The number of rotatable bonds is 5. The van der Waals surface area contributed by atoms with Crippen LogP contribution in [0.4, 0.5) is 5.69 Å². The normalized spacial score (nSPS) is 31.0. The summed E-state index contributed by atoms with van der Waals surface area (Å²) in [5.41, 5.74) is 4.13. The van der Waals surface area contributed by atoms with Crippen LogP contribution in [0.2, 0.25) is 0 Å². The third-order valence-corrected chi connectivity index (χ3v) is 7.10. The number of aryl methyl sites for hydroxylation is 3. The van der Waals surface area contributed by atoms with E-state index in [4.69, 9.17) is 0 Å². The lowest BCUT2D eigenvalue weighted by atomic mass is 9.49. The monoisotopic (exact) mass is 368 g/mol. The van der Waals surface area contributed by atoms with E-state index in [0.29, 0.717) is 13.0 Å². The van der Waals surface area contributed by atoms with Crippen molar-refractivity contribution in [2.24, 2.45) is 23.2 Å². The van der Waals surface area contributed by atoms with Crippen LogP contribution in [-0.4, -0.2) is 18.4 Å². The van der Waals surface area contributed by atoms with Gasteiger partial charge in [-0.1, -0.05) is 17.7 Å². The van der Waals surface area contributed by atoms with Crippen molar-refractivity contribution in [2.45, 2.75) is 65.7 Å². The molecule has 4 aliphatic carbocycles. The lowest BCUT2D eigenvalue weighted by molar-refractivity contribution is -0.146. The number of hydrogen-bond donors (Lipinski definition) is 2. The summed E-state index contributed by atoms with van der Waals surface area (Å²) in [6, 6.07) is 4.16. The van der Waals surface area contributed by atoms with E-state index >= 15 is 0 Å². The highest BCUT2D eigenvalue weighted by molar-refractivity contribution is 5.93. The summed E-state index contributed by atoms with van der Waals surface area (Å²) in [4.78, 5) is 25.3. The lowest BCUT2D eigenvalue weighted by Gasteiger charge is -2.55. The van der Waals surface area contributed by atoms with Crippen molar-refractivity contribution < 1.29 is 9.59 Å². The average Bonchev–Trinajstić information content (AvgIpc) is 2.56. The van der Waals surface area contributed by atoms with E-state index in [1.165, 1.54) is 24.8 Å². The van der Waals surface area contributed by atoms with Gasteiger partial charge in [0.1, 0.15) is 0 Å². The third-order valence-electron chi connectivity index (χ3n) is 7.10. The molecule has 2 amide bonds. The SMILES string of the molecule is Cc1cc(C)c(NC(=O)CCNC(=O)C23CC4CC(CC(C4)C2)C3)c(C)c1. The van der Waals surface area contributed by atoms with Gasteiger partial charge in [0, 0.05) is 24.1 Å². The van der Waals surface area contributed by atoms with E-state index in [1.807, 2.05) is 13.8 Å². The number of nitrogens with one attached hydrogen (secondary N) is 2. The summed E-state index contributed by atoms with van der Waals surface area (Å²) in [5.74, 6) is 2.46. The summed E-state index contributed by atoms with van der Waals surface area (Å²) in [7, 11) is 0. The fourth-order valence-corrected chi connectivity index (χ4v) is 6.44. The highest BCUT2D eigenvalue weighted by Crippen LogP contribution is 2.60. The molecule has 2 N–H and O–H groups in total. The predicted octanol–water partition coefficient (Wildman–Crippen LogP) is 4.27. The second-order valence-corrected chi connectivity index (χ2v) is 9.53. The van der Waals surface area contributed by atoms with Gasteiger partial charge in [-0.2, -0.15) is 0 Å². The molecule has 27 heavy (non-hydrogen) atoms. The van der Waals surface area contributed by atoms with Crippen LogP contribution in [0.15, 0.2) is 12.1 Å².